The van der Waals surface area contributed by atoms with E-state index in [9.17, 15) is 0 Å². The van der Waals surface area contributed by atoms with Crippen LogP contribution in [0.4, 0.5) is 0 Å². The van der Waals surface area contributed by atoms with E-state index >= 15 is 0 Å². The van der Waals surface area contributed by atoms with Crippen molar-refractivity contribution in [1.29, 1.82) is 0 Å². The van der Waals surface area contributed by atoms with Crippen LogP contribution in [0.1, 0.15) is 23.1 Å². The summed E-state index contributed by atoms with van der Waals surface area (Å²) in [5.41, 5.74) is 3.49. The second-order valence-corrected chi connectivity index (χ2v) is 6.59. The highest BCUT2D eigenvalue weighted by atomic mass is 35.5. The Kier molecular flexibility index (Phi) is 4.59. The maximum absolute atomic E-state index is 6.54. The Hall–Kier alpha value is -2.83. The molecule has 7 heteroatoms. The highest BCUT2D eigenvalue weighted by molar-refractivity contribution is 6.38. The molecule has 2 aromatic carbocycles. The number of hydrogen-bond acceptors (Lipinski definition) is 5. The lowest BCUT2D eigenvalue weighted by Gasteiger charge is -2.12. The smallest absolute Gasteiger partial charge is 0.276 e. The molecule has 2 aromatic heterocycles. The van der Waals surface area contributed by atoms with E-state index in [0.29, 0.717) is 22.4 Å². The maximum atomic E-state index is 6.54. The van der Waals surface area contributed by atoms with E-state index in [1.165, 1.54) is 0 Å². The summed E-state index contributed by atoms with van der Waals surface area (Å²) < 4.78 is 16.3. The van der Waals surface area contributed by atoms with E-state index in [2.05, 4.69) is 15.1 Å². The van der Waals surface area contributed by atoms with Crippen LogP contribution in [-0.4, -0.2) is 29.3 Å². The number of ether oxygens (including phenoxy) is 2. The van der Waals surface area contributed by atoms with Crippen LogP contribution < -0.4 is 4.74 Å². The third kappa shape index (κ3) is 3.18. The fourth-order valence-electron chi connectivity index (χ4n) is 3.06. The summed E-state index contributed by atoms with van der Waals surface area (Å²) in [5.74, 6) is 1.45. The molecule has 0 saturated carbocycles. The van der Waals surface area contributed by atoms with E-state index in [0.717, 1.165) is 27.8 Å². The van der Waals surface area contributed by atoms with Crippen molar-refractivity contribution in [1.82, 2.24) is 15.1 Å². The topological polar surface area (TPSA) is 73.2 Å². The zero-order valence-electron chi connectivity index (χ0n) is 15.1. The van der Waals surface area contributed by atoms with E-state index in [-0.39, 0.29) is 0 Å². The van der Waals surface area contributed by atoms with Crippen LogP contribution in [-0.2, 0) is 4.74 Å². The van der Waals surface area contributed by atoms with Gasteiger partial charge in [0.1, 0.15) is 17.5 Å². The predicted molar refractivity (Wildman–Crippen MR) is 103 cm³/mol. The molecule has 4 rings (SSSR count). The summed E-state index contributed by atoms with van der Waals surface area (Å²) in [6, 6.07) is 13.6. The number of nitrogens with one attached hydrogen (secondary N) is 1. The lowest BCUT2D eigenvalue weighted by atomic mass is 10.1. The Labute approximate surface area is 161 Å². The normalized spacial score (nSPS) is 12.4. The number of methoxy groups -OCH3 is 2. The molecular weight excluding hydrogens is 366 g/mol. The molecule has 4 aromatic rings. The van der Waals surface area contributed by atoms with Gasteiger partial charge in [-0.25, -0.2) is 0 Å². The molecule has 0 aliphatic heterocycles. The van der Waals surface area contributed by atoms with Gasteiger partial charge in [-0.2, -0.15) is 4.98 Å². The molecule has 0 aliphatic rings. The van der Waals surface area contributed by atoms with Crippen LogP contribution in [0.25, 0.3) is 22.5 Å². The van der Waals surface area contributed by atoms with Crippen molar-refractivity contribution in [2.24, 2.45) is 0 Å². The quantitative estimate of drug-likeness (QED) is 0.529. The van der Waals surface area contributed by atoms with Gasteiger partial charge in [-0.15, -0.1) is 0 Å². The van der Waals surface area contributed by atoms with E-state index in [1.54, 1.807) is 14.2 Å². The highest BCUT2D eigenvalue weighted by Gasteiger charge is 2.23. The lowest BCUT2D eigenvalue weighted by molar-refractivity contribution is 0.126. The molecule has 0 fully saturated rings. The summed E-state index contributed by atoms with van der Waals surface area (Å²) in [6.07, 6.45) is -0.483. The van der Waals surface area contributed by atoms with Crippen LogP contribution in [0.2, 0.25) is 5.02 Å². The van der Waals surface area contributed by atoms with Crippen LogP contribution >= 0.6 is 11.6 Å². The summed E-state index contributed by atoms with van der Waals surface area (Å²) in [7, 11) is 3.21. The SMILES string of the molecule is COc1cccc(C(OC)c2noc(-c3[nH]c4ccc(C)cc4c3Cl)n2)c1. The van der Waals surface area contributed by atoms with Crippen molar-refractivity contribution < 1.29 is 14.0 Å². The third-order valence-corrected chi connectivity index (χ3v) is 4.81. The van der Waals surface area contributed by atoms with Gasteiger partial charge in [0.15, 0.2) is 0 Å². The number of H-pyrrole nitrogens is 1. The molecule has 1 N–H and O–H groups in total. The first kappa shape index (κ1) is 17.6. The highest BCUT2D eigenvalue weighted by Crippen LogP contribution is 2.35. The number of nitrogens with zero attached hydrogens (tertiary/aromatic N) is 2. The second kappa shape index (κ2) is 7.06. The Morgan fingerprint density at radius 2 is 2.00 bits per heavy atom. The molecule has 0 bridgehead atoms. The fraction of sp³-hybridized carbons (Fsp3) is 0.200. The van der Waals surface area contributed by atoms with Crippen molar-refractivity contribution in [3.05, 3.63) is 64.4 Å². The van der Waals surface area contributed by atoms with E-state index < -0.39 is 6.10 Å². The minimum atomic E-state index is -0.483. The third-order valence-electron chi connectivity index (χ3n) is 4.41. The summed E-state index contributed by atoms with van der Waals surface area (Å²) in [5, 5.41) is 5.57. The first-order valence-corrected chi connectivity index (χ1v) is 8.77. The maximum Gasteiger partial charge on any atom is 0.276 e. The molecule has 0 amide bonds. The van der Waals surface area contributed by atoms with Gasteiger partial charge in [-0.1, -0.05) is 40.5 Å². The molecular formula is C20H18ClN3O3. The molecule has 0 aliphatic carbocycles. The van der Waals surface area contributed by atoms with Crippen LogP contribution in [0, 0.1) is 6.92 Å². The van der Waals surface area contributed by atoms with Gasteiger partial charge < -0.3 is 19.0 Å². The Bertz CT molecular complexity index is 1100. The van der Waals surface area contributed by atoms with Crippen molar-refractivity contribution >= 4 is 22.5 Å². The number of aromatic nitrogens is 3. The molecule has 0 saturated heterocycles. The van der Waals surface area contributed by atoms with Gasteiger partial charge in [0.2, 0.25) is 5.82 Å². The second-order valence-electron chi connectivity index (χ2n) is 6.21. The van der Waals surface area contributed by atoms with Gasteiger partial charge in [0.25, 0.3) is 5.89 Å². The molecule has 6 nitrogen and oxygen atoms in total. The summed E-state index contributed by atoms with van der Waals surface area (Å²) in [6.45, 7) is 2.02. The van der Waals surface area contributed by atoms with Crippen molar-refractivity contribution in [2.75, 3.05) is 14.2 Å². The largest absolute Gasteiger partial charge is 0.497 e. The van der Waals surface area contributed by atoms with Crippen LogP contribution in [0.5, 0.6) is 5.75 Å². The molecule has 0 radical (unpaired) electrons. The van der Waals surface area contributed by atoms with E-state index in [4.69, 9.17) is 25.6 Å². The summed E-state index contributed by atoms with van der Waals surface area (Å²) >= 11 is 6.54. The number of aromatic amines is 1. The van der Waals surface area contributed by atoms with Gasteiger partial charge >= 0.3 is 0 Å². The Morgan fingerprint density at radius 3 is 2.78 bits per heavy atom. The molecule has 1 unspecified atom stereocenters. The van der Waals surface area contributed by atoms with Gasteiger partial charge in [0.05, 0.1) is 12.1 Å². The summed E-state index contributed by atoms with van der Waals surface area (Å²) in [4.78, 5) is 7.75. The average molecular weight is 384 g/mol. The number of hydrogen-bond donors (Lipinski definition) is 1. The van der Waals surface area contributed by atoms with Crippen LogP contribution in [0.15, 0.2) is 47.0 Å². The average Bonchev–Trinajstić information content (AvgIpc) is 3.28. The van der Waals surface area contributed by atoms with Crippen molar-refractivity contribution in [3.63, 3.8) is 0 Å². The monoisotopic (exact) mass is 383 g/mol. The Morgan fingerprint density at radius 1 is 1.15 bits per heavy atom. The zero-order chi connectivity index (χ0) is 19.0. The number of benzene rings is 2. The van der Waals surface area contributed by atoms with Gasteiger partial charge in [-0.05, 0) is 36.8 Å². The minimum absolute atomic E-state index is 0.314. The molecule has 2 heterocycles. The molecule has 27 heavy (non-hydrogen) atoms. The van der Waals surface area contributed by atoms with E-state index in [1.807, 2.05) is 49.4 Å². The first-order valence-electron chi connectivity index (χ1n) is 8.39. The van der Waals surface area contributed by atoms with Crippen LogP contribution in [0.3, 0.4) is 0 Å². The van der Waals surface area contributed by atoms with Crippen molar-refractivity contribution in [2.45, 2.75) is 13.0 Å². The fourth-order valence-corrected chi connectivity index (χ4v) is 3.34. The van der Waals surface area contributed by atoms with Crippen molar-refractivity contribution in [3.8, 4) is 17.3 Å². The molecule has 138 valence electrons. The lowest BCUT2D eigenvalue weighted by Crippen LogP contribution is -2.05. The molecule has 0 spiro atoms. The van der Waals surface area contributed by atoms with Gasteiger partial charge in [-0.3, -0.25) is 0 Å². The first-order chi connectivity index (χ1) is 13.1. The van der Waals surface area contributed by atoms with Gasteiger partial charge in [0, 0.05) is 18.0 Å². The number of halogens is 1. The molecule has 1 atom stereocenters. The Balaban J connectivity index is 1.73. The minimum Gasteiger partial charge on any atom is -0.497 e. The number of fused-ring (bicyclic) bond motifs is 1. The number of aryl methyl sites for hydroxylation is 1. The number of rotatable bonds is 5. The predicted octanol–water partition coefficient (Wildman–Crippen LogP) is 4.92. The standard InChI is InChI=1S/C20H18ClN3O3/c1-11-7-8-15-14(9-11)16(21)17(22-15)20-23-19(24-27-20)18(26-3)12-5-4-6-13(10-12)25-2/h4-10,18,22H,1-3H3. The zero-order valence-corrected chi connectivity index (χ0v) is 15.9.